The van der Waals surface area contributed by atoms with Crippen LogP contribution >= 0.6 is 11.6 Å². The Labute approximate surface area is 131 Å². The van der Waals surface area contributed by atoms with E-state index in [0.29, 0.717) is 34.8 Å². The van der Waals surface area contributed by atoms with E-state index in [1.54, 1.807) is 25.3 Å². The van der Waals surface area contributed by atoms with Crippen molar-refractivity contribution in [2.24, 2.45) is 5.92 Å². The number of benzene rings is 1. The summed E-state index contributed by atoms with van der Waals surface area (Å²) in [5.41, 5.74) is 0.528. The molecular formula is C16H23ClN2O2. The van der Waals surface area contributed by atoms with Gasteiger partial charge in [-0.05, 0) is 50.9 Å². The van der Waals surface area contributed by atoms with Crippen molar-refractivity contribution in [1.29, 1.82) is 0 Å². The first-order valence-electron chi connectivity index (χ1n) is 7.37. The molecule has 1 heterocycles. The van der Waals surface area contributed by atoms with Crippen molar-refractivity contribution in [1.82, 2.24) is 10.2 Å². The van der Waals surface area contributed by atoms with Crippen LogP contribution in [0.4, 0.5) is 0 Å². The minimum atomic E-state index is -0.105. The highest BCUT2D eigenvalue weighted by Gasteiger charge is 2.24. The van der Waals surface area contributed by atoms with E-state index in [4.69, 9.17) is 16.3 Å². The molecule has 5 heteroatoms. The molecule has 1 atom stereocenters. The van der Waals surface area contributed by atoms with Crippen LogP contribution in [0.5, 0.6) is 5.75 Å². The molecule has 2 rings (SSSR count). The van der Waals surface area contributed by atoms with Crippen molar-refractivity contribution >= 4 is 17.5 Å². The van der Waals surface area contributed by atoms with Gasteiger partial charge in [0, 0.05) is 24.2 Å². The van der Waals surface area contributed by atoms with Gasteiger partial charge < -0.3 is 15.0 Å². The van der Waals surface area contributed by atoms with E-state index in [9.17, 15) is 4.79 Å². The number of carbonyl (C=O) groups excluding carboxylic acids is 1. The van der Waals surface area contributed by atoms with Gasteiger partial charge in [0.1, 0.15) is 5.75 Å². The molecule has 1 saturated heterocycles. The number of hydrogen-bond acceptors (Lipinski definition) is 3. The summed E-state index contributed by atoms with van der Waals surface area (Å²) < 4.78 is 5.21. The minimum absolute atomic E-state index is 0.105. The van der Waals surface area contributed by atoms with E-state index in [0.717, 1.165) is 19.5 Å². The molecule has 116 valence electrons. The first kappa shape index (κ1) is 16.1. The van der Waals surface area contributed by atoms with Crippen LogP contribution in [-0.4, -0.2) is 43.6 Å². The highest BCUT2D eigenvalue weighted by Crippen LogP contribution is 2.23. The van der Waals surface area contributed by atoms with Crippen molar-refractivity contribution in [3.63, 3.8) is 0 Å². The highest BCUT2D eigenvalue weighted by atomic mass is 35.5. The topological polar surface area (TPSA) is 41.6 Å². The average Bonchev–Trinajstić information content (AvgIpc) is 2.93. The Hall–Kier alpha value is -1.26. The number of nitrogens with zero attached hydrogens (tertiary/aromatic N) is 1. The molecule has 0 radical (unpaired) electrons. The molecule has 1 aliphatic heterocycles. The van der Waals surface area contributed by atoms with E-state index in [1.807, 2.05) is 0 Å². The third-order valence-electron chi connectivity index (χ3n) is 4.01. The second-order valence-corrected chi connectivity index (χ2v) is 6.23. The summed E-state index contributed by atoms with van der Waals surface area (Å²) >= 11 is 5.91. The van der Waals surface area contributed by atoms with Gasteiger partial charge in [-0.25, -0.2) is 0 Å². The molecule has 1 aliphatic rings. The lowest BCUT2D eigenvalue weighted by Gasteiger charge is -2.20. The molecule has 4 nitrogen and oxygen atoms in total. The van der Waals surface area contributed by atoms with Crippen LogP contribution in [0.15, 0.2) is 18.2 Å². The SMILES string of the molecule is COc1cc(Cl)ccc1C(=O)NCC1CCN(C(C)C)C1. The molecule has 21 heavy (non-hydrogen) atoms. The Bertz CT molecular complexity index is 505. The second-order valence-electron chi connectivity index (χ2n) is 5.80. The minimum Gasteiger partial charge on any atom is -0.496 e. The van der Waals surface area contributed by atoms with Crippen LogP contribution < -0.4 is 10.1 Å². The van der Waals surface area contributed by atoms with Gasteiger partial charge in [-0.15, -0.1) is 0 Å². The number of hydrogen-bond donors (Lipinski definition) is 1. The van der Waals surface area contributed by atoms with Crippen molar-refractivity contribution in [2.75, 3.05) is 26.7 Å². The number of carbonyl (C=O) groups is 1. The summed E-state index contributed by atoms with van der Waals surface area (Å²) in [5, 5.41) is 3.57. The molecule has 1 fully saturated rings. The smallest absolute Gasteiger partial charge is 0.255 e. The zero-order chi connectivity index (χ0) is 15.4. The van der Waals surface area contributed by atoms with Crippen LogP contribution in [0.3, 0.4) is 0 Å². The number of nitrogens with one attached hydrogen (secondary N) is 1. The van der Waals surface area contributed by atoms with Crippen molar-refractivity contribution < 1.29 is 9.53 Å². The average molecular weight is 311 g/mol. The van der Waals surface area contributed by atoms with Gasteiger partial charge in [0.2, 0.25) is 0 Å². The molecule has 0 aromatic heterocycles. The molecule has 0 saturated carbocycles. The summed E-state index contributed by atoms with van der Waals surface area (Å²) in [5.74, 6) is 0.927. The van der Waals surface area contributed by atoms with Crippen LogP contribution in [0.1, 0.15) is 30.6 Å². The van der Waals surface area contributed by atoms with E-state index < -0.39 is 0 Å². The molecule has 0 bridgehead atoms. The molecule has 1 amide bonds. The Morgan fingerprint density at radius 3 is 2.90 bits per heavy atom. The second kappa shape index (κ2) is 7.14. The van der Waals surface area contributed by atoms with E-state index in [-0.39, 0.29) is 5.91 Å². The number of halogens is 1. The lowest BCUT2D eigenvalue weighted by Crippen LogP contribution is -2.33. The summed E-state index contributed by atoms with van der Waals surface area (Å²) in [6.07, 6.45) is 1.14. The largest absolute Gasteiger partial charge is 0.496 e. The molecular weight excluding hydrogens is 288 g/mol. The third-order valence-corrected chi connectivity index (χ3v) is 4.24. The first-order valence-corrected chi connectivity index (χ1v) is 7.75. The van der Waals surface area contributed by atoms with Gasteiger partial charge >= 0.3 is 0 Å². The normalized spacial score (nSPS) is 19.0. The number of methoxy groups -OCH3 is 1. The standard InChI is InChI=1S/C16H23ClN2O2/c1-11(2)19-7-6-12(10-19)9-18-16(20)14-5-4-13(17)8-15(14)21-3/h4-5,8,11-12H,6-7,9-10H2,1-3H3,(H,18,20). The van der Waals surface area contributed by atoms with Gasteiger partial charge in [-0.2, -0.15) is 0 Å². The maximum absolute atomic E-state index is 12.3. The fourth-order valence-electron chi connectivity index (χ4n) is 2.68. The van der Waals surface area contributed by atoms with Gasteiger partial charge in [-0.3, -0.25) is 4.79 Å². The van der Waals surface area contributed by atoms with Gasteiger partial charge in [0.25, 0.3) is 5.91 Å². The number of amides is 1. The summed E-state index contributed by atoms with van der Waals surface area (Å²) in [6, 6.07) is 5.63. The van der Waals surface area contributed by atoms with E-state index >= 15 is 0 Å². The number of ether oxygens (including phenoxy) is 1. The van der Waals surface area contributed by atoms with Gasteiger partial charge in [0.05, 0.1) is 12.7 Å². The van der Waals surface area contributed by atoms with Crippen LogP contribution in [0.2, 0.25) is 5.02 Å². The third kappa shape index (κ3) is 4.11. The van der Waals surface area contributed by atoms with Crippen LogP contribution in [0, 0.1) is 5.92 Å². The fraction of sp³-hybridized carbons (Fsp3) is 0.562. The first-order chi connectivity index (χ1) is 10.0. The molecule has 1 N–H and O–H groups in total. The predicted molar refractivity (Wildman–Crippen MR) is 85.2 cm³/mol. The van der Waals surface area contributed by atoms with Crippen LogP contribution in [0.25, 0.3) is 0 Å². The lowest BCUT2D eigenvalue weighted by molar-refractivity contribution is 0.0944. The quantitative estimate of drug-likeness (QED) is 0.909. The van der Waals surface area contributed by atoms with E-state index in [2.05, 4.69) is 24.1 Å². The predicted octanol–water partition coefficient (Wildman–Crippen LogP) is 2.81. The Balaban J connectivity index is 1.91. The fourth-order valence-corrected chi connectivity index (χ4v) is 2.85. The molecule has 1 unspecified atom stereocenters. The Kier molecular flexibility index (Phi) is 5.48. The highest BCUT2D eigenvalue weighted by molar-refractivity contribution is 6.30. The molecule has 1 aromatic carbocycles. The summed E-state index contributed by atoms with van der Waals surface area (Å²) in [4.78, 5) is 14.7. The van der Waals surface area contributed by atoms with Crippen LogP contribution in [-0.2, 0) is 0 Å². The number of likely N-dealkylation sites (tertiary alicyclic amines) is 1. The Morgan fingerprint density at radius 2 is 2.29 bits per heavy atom. The van der Waals surface area contributed by atoms with Gasteiger partial charge in [0.15, 0.2) is 0 Å². The van der Waals surface area contributed by atoms with E-state index in [1.165, 1.54) is 0 Å². The maximum atomic E-state index is 12.3. The maximum Gasteiger partial charge on any atom is 0.255 e. The molecule has 0 spiro atoms. The van der Waals surface area contributed by atoms with Crippen molar-refractivity contribution in [3.8, 4) is 5.75 Å². The Morgan fingerprint density at radius 1 is 1.52 bits per heavy atom. The number of rotatable bonds is 5. The molecule has 1 aromatic rings. The van der Waals surface area contributed by atoms with Gasteiger partial charge in [-0.1, -0.05) is 11.6 Å². The molecule has 0 aliphatic carbocycles. The van der Waals surface area contributed by atoms with Crippen molar-refractivity contribution in [2.45, 2.75) is 26.3 Å². The lowest BCUT2D eigenvalue weighted by atomic mass is 10.1. The zero-order valence-corrected chi connectivity index (χ0v) is 13.6. The van der Waals surface area contributed by atoms with Crippen molar-refractivity contribution in [3.05, 3.63) is 28.8 Å². The summed E-state index contributed by atoms with van der Waals surface area (Å²) in [7, 11) is 1.54. The zero-order valence-electron chi connectivity index (χ0n) is 12.9. The summed E-state index contributed by atoms with van der Waals surface area (Å²) in [6.45, 7) is 7.28. The monoisotopic (exact) mass is 310 g/mol.